The zero-order valence-corrected chi connectivity index (χ0v) is 20.5. The third kappa shape index (κ3) is 5.94. The summed E-state index contributed by atoms with van der Waals surface area (Å²) >= 11 is 0. The van der Waals surface area contributed by atoms with E-state index in [4.69, 9.17) is 0 Å². The lowest BCUT2D eigenvalue weighted by atomic mass is 9.77. The summed E-state index contributed by atoms with van der Waals surface area (Å²) in [4.78, 5) is 0. The molecule has 0 bridgehead atoms. The molecule has 1 aliphatic rings. The molecule has 0 aliphatic heterocycles. The van der Waals surface area contributed by atoms with E-state index in [0.29, 0.717) is 16.9 Å². The first kappa shape index (κ1) is 23.7. The molecule has 0 atom stereocenters. The van der Waals surface area contributed by atoms with Gasteiger partial charge in [-0.2, -0.15) is 0 Å². The highest BCUT2D eigenvalue weighted by Gasteiger charge is 2.22. The van der Waals surface area contributed by atoms with Gasteiger partial charge in [0, 0.05) is 10.9 Å². The van der Waals surface area contributed by atoms with Crippen LogP contribution in [0.2, 0.25) is 0 Å². The van der Waals surface area contributed by atoms with Crippen molar-refractivity contribution in [2.45, 2.75) is 84.0 Å². The number of unbranched alkanes of at least 4 members (excludes halogenated alkanes) is 2. The molecule has 0 N–H and O–H groups in total. The van der Waals surface area contributed by atoms with Crippen LogP contribution in [0, 0.1) is 11.7 Å². The second-order valence-electron chi connectivity index (χ2n) is 9.93. The lowest BCUT2D eigenvalue weighted by Gasteiger charge is -2.29. The molecule has 0 radical (unpaired) electrons. The number of rotatable bonds is 9. The molecule has 3 aromatic rings. The Morgan fingerprint density at radius 3 is 2.42 bits per heavy atom. The van der Waals surface area contributed by atoms with Gasteiger partial charge in [0.25, 0.3) is 0 Å². The Hall–Kier alpha value is -2.41. The molecule has 1 heteroatoms. The minimum absolute atomic E-state index is 0.104. The minimum Gasteiger partial charge on any atom is -0.206 e. The zero-order chi connectivity index (χ0) is 23.0. The van der Waals surface area contributed by atoms with E-state index in [-0.39, 0.29) is 5.82 Å². The van der Waals surface area contributed by atoms with Crippen LogP contribution in [0.15, 0.2) is 66.7 Å². The summed E-state index contributed by atoms with van der Waals surface area (Å²) in [5.74, 6) is 1.50. The predicted octanol–water partition coefficient (Wildman–Crippen LogP) is 10.0. The molecule has 1 aliphatic carbocycles. The van der Waals surface area contributed by atoms with Crippen LogP contribution in [0.25, 0.3) is 21.9 Å². The maximum Gasteiger partial charge on any atom is 0.138 e. The summed E-state index contributed by atoms with van der Waals surface area (Å²) in [6.07, 6.45) is 17.1. The molecular formula is C32H39F. The van der Waals surface area contributed by atoms with Gasteiger partial charge >= 0.3 is 0 Å². The van der Waals surface area contributed by atoms with Crippen LogP contribution in [0.4, 0.5) is 4.39 Å². The van der Waals surface area contributed by atoms with Crippen molar-refractivity contribution in [1.29, 1.82) is 0 Å². The van der Waals surface area contributed by atoms with Gasteiger partial charge in [-0.05, 0) is 79.4 Å². The fraction of sp³-hybridized carbons (Fsp3) is 0.438. The van der Waals surface area contributed by atoms with Crippen LogP contribution in [0.1, 0.15) is 88.7 Å². The van der Waals surface area contributed by atoms with Crippen molar-refractivity contribution in [3.8, 4) is 11.1 Å². The third-order valence-electron chi connectivity index (χ3n) is 7.61. The number of hydrogen-bond acceptors (Lipinski definition) is 0. The van der Waals surface area contributed by atoms with Crippen molar-refractivity contribution in [2.24, 2.45) is 5.92 Å². The summed E-state index contributed by atoms with van der Waals surface area (Å²) in [5.41, 5.74) is 4.37. The molecule has 0 spiro atoms. The first-order valence-corrected chi connectivity index (χ1v) is 13.1. The number of allylic oxidation sites excluding steroid dienone is 2. The summed E-state index contributed by atoms with van der Waals surface area (Å²) < 4.78 is 15.4. The van der Waals surface area contributed by atoms with Crippen molar-refractivity contribution in [1.82, 2.24) is 0 Å². The summed E-state index contributed by atoms with van der Waals surface area (Å²) in [6, 6.07) is 18.9. The van der Waals surface area contributed by atoms with Crippen LogP contribution in [-0.4, -0.2) is 0 Å². The van der Waals surface area contributed by atoms with Crippen LogP contribution in [-0.2, 0) is 6.42 Å². The van der Waals surface area contributed by atoms with E-state index in [1.54, 1.807) is 0 Å². The maximum atomic E-state index is 15.4. The Morgan fingerprint density at radius 1 is 0.909 bits per heavy atom. The average Bonchev–Trinajstić information content (AvgIpc) is 2.85. The molecule has 3 aromatic carbocycles. The largest absolute Gasteiger partial charge is 0.206 e. The molecule has 0 saturated heterocycles. The number of hydrogen-bond donors (Lipinski definition) is 0. The molecule has 0 heterocycles. The molecule has 0 unspecified atom stereocenters. The first-order chi connectivity index (χ1) is 16.2. The van der Waals surface area contributed by atoms with E-state index in [9.17, 15) is 0 Å². The topological polar surface area (TPSA) is 0 Å². The van der Waals surface area contributed by atoms with Crippen molar-refractivity contribution in [3.05, 3.63) is 83.7 Å². The van der Waals surface area contributed by atoms with Crippen molar-refractivity contribution >= 4 is 10.8 Å². The molecule has 0 aromatic heterocycles. The van der Waals surface area contributed by atoms with E-state index in [1.807, 2.05) is 19.1 Å². The Labute approximate surface area is 199 Å². The Morgan fingerprint density at radius 2 is 1.70 bits per heavy atom. The van der Waals surface area contributed by atoms with Gasteiger partial charge < -0.3 is 0 Å². The second kappa shape index (κ2) is 11.6. The second-order valence-corrected chi connectivity index (χ2v) is 9.93. The normalized spacial score (nSPS) is 18.9. The number of fused-ring (bicyclic) bond motifs is 1. The Balaban J connectivity index is 1.43. The average molecular weight is 443 g/mol. The molecule has 1 saturated carbocycles. The van der Waals surface area contributed by atoms with Gasteiger partial charge in [0.2, 0.25) is 0 Å². The quantitative estimate of drug-likeness (QED) is 0.228. The van der Waals surface area contributed by atoms with Gasteiger partial charge in [-0.15, -0.1) is 0 Å². The number of aryl methyl sites for hydroxylation is 1. The van der Waals surface area contributed by atoms with E-state index < -0.39 is 0 Å². The van der Waals surface area contributed by atoms with Crippen molar-refractivity contribution in [2.75, 3.05) is 0 Å². The smallest absolute Gasteiger partial charge is 0.138 e. The molecule has 1 fully saturated rings. The van der Waals surface area contributed by atoms with Crippen LogP contribution < -0.4 is 0 Å². The molecule has 4 rings (SSSR count). The maximum absolute atomic E-state index is 15.4. The highest BCUT2D eigenvalue weighted by atomic mass is 19.1. The zero-order valence-electron chi connectivity index (χ0n) is 20.5. The lowest BCUT2D eigenvalue weighted by Crippen LogP contribution is -2.13. The predicted molar refractivity (Wildman–Crippen MR) is 141 cm³/mol. The van der Waals surface area contributed by atoms with Gasteiger partial charge in [-0.3, -0.25) is 0 Å². The van der Waals surface area contributed by atoms with E-state index in [1.165, 1.54) is 62.5 Å². The van der Waals surface area contributed by atoms with E-state index in [0.717, 1.165) is 29.7 Å². The van der Waals surface area contributed by atoms with Gasteiger partial charge in [-0.25, -0.2) is 4.39 Å². The molecule has 0 amide bonds. The van der Waals surface area contributed by atoms with Gasteiger partial charge in [0.1, 0.15) is 5.82 Å². The lowest BCUT2D eigenvalue weighted by molar-refractivity contribution is 0.303. The SMILES string of the molecule is C/C=C/CCc1ccc2c(F)c(-c3ccc(C4CCC(CCCCC)CC4)cc3)ccc2c1. The molecule has 174 valence electrons. The first-order valence-electron chi connectivity index (χ1n) is 13.1. The van der Waals surface area contributed by atoms with Gasteiger partial charge in [0.05, 0.1) is 0 Å². The van der Waals surface area contributed by atoms with Crippen LogP contribution >= 0.6 is 0 Å². The fourth-order valence-corrected chi connectivity index (χ4v) is 5.54. The monoisotopic (exact) mass is 442 g/mol. The molecule has 33 heavy (non-hydrogen) atoms. The van der Waals surface area contributed by atoms with Gasteiger partial charge in [0.15, 0.2) is 0 Å². The highest BCUT2D eigenvalue weighted by Crippen LogP contribution is 2.38. The summed E-state index contributed by atoms with van der Waals surface area (Å²) in [7, 11) is 0. The number of halogens is 1. The Kier molecular flexibility index (Phi) is 8.37. The standard InChI is InChI=1S/C32H39F/c1-3-5-7-9-24-11-14-26(15-12-24)27-16-18-28(19-17-27)30-22-20-29-23-25(10-8-6-4-2)13-21-31(29)32(30)33/h4,6,13,16-24,26H,3,5,7-12,14-15H2,1-2H3/b6-4+. The van der Waals surface area contributed by atoms with Gasteiger partial charge in [-0.1, -0.05) is 99.4 Å². The molecular weight excluding hydrogens is 403 g/mol. The molecule has 0 nitrogen and oxygen atoms in total. The fourth-order valence-electron chi connectivity index (χ4n) is 5.54. The Bertz CT molecular complexity index is 1050. The van der Waals surface area contributed by atoms with Crippen LogP contribution in [0.5, 0.6) is 0 Å². The van der Waals surface area contributed by atoms with Crippen molar-refractivity contribution < 1.29 is 4.39 Å². The van der Waals surface area contributed by atoms with Crippen LogP contribution in [0.3, 0.4) is 0 Å². The van der Waals surface area contributed by atoms with Crippen molar-refractivity contribution in [3.63, 3.8) is 0 Å². The van der Waals surface area contributed by atoms with E-state index in [2.05, 4.69) is 61.5 Å². The highest BCUT2D eigenvalue weighted by molar-refractivity contribution is 5.88. The number of benzene rings is 3. The summed E-state index contributed by atoms with van der Waals surface area (Å²) in [6.45, 7) is 4.33. The summed E-state index contributed by atoms with van der Waals surface area (Å²) in [5, 5.41) is 1.70. The third-order valence-corrected chi connectivity index (χ3v) is 7.61. The minimum atomic E-state index is -0.104. The van der Waals surface area contributed by atoms with E-state index >= 15 is 4.39 Å².